The van der Waals surface area contributed by atoms with E-state index in [1.165, 1.54) is 0 Å². The van der Waals surface area contributed by atoms with Crippen molar-refractivity contribution in [3.63, 3.8) is 0 Å². The van der Waals surface area contributed by atoms with Crippen LogP contribution in [0.25, 0.3) is 0 Å². The number of nitriles is 1. The molecule has 2 rings (SSSR count). The van der Waals surface area contributed by atoms with Gasteiger partial charge in [-0.2, -0.15) is 5.26 Å². The van der Waals surface area contributed by atoms with Crippen LogP contribution in [0, 0.1) is 11.3 Å². The quantitative estimate of drug-likeness (QED) is 0.755. The molecule has 1 saturated heterocycles. The van der Waals surface area contributed by atoms with Gasteiger partial charge in [0, 0.05) is 32.7 Å². The summed E-state index contributed by atoms with van der Waals surface area (Å²) in [7, 11) is 0. The molecule has 114 valence electrons. The van der Waals surface area contributed by atoms with E-state index >= 15 is 0 Å². The number of hydrogen-bond acceptors (Lipinski definition) is 5. The molecule has 1 aliphatic heterocycles. The van der Waals surface area contributed by atoms with Crippen molar-refractivity contribution in [2.24, 2.45) is 0 Å². The minimum atomic E-state index is -0.154. The maximum Gasteiger partial charge on any atom is 0.123 e. The van der Waals surface area contributed by atoms with E-state index in [4.69, 9.17) is 9.84 Å². The van der Waals surface area contributed by atoms with E-state index in [0.29, 0.717) is 13.2 Å². The second-order valence-corrected chi connectivity index (χ2v) is 5.16. The van der Waals surface area contributed by atoms with Gasteiger partial charge in [-0.25, -0.2) is 0 Å². The van der Waals surface area contributed by atoms with Gasteiger partial charge in [0.1, 0.15) is 6.04 Å². The number of benzene rings is 1. The zero-order chi connectivity index (χ0) is 14.9. The molecule has 1 unspecified atom stereocenters. The molecule has 1 atom stereocenters. The number of aliphatic hydroxyl groups excluding tert-OH is 1. The Morgan fingerprint density at radius 1 is 1.14 bits per heavy atom. The molecule has 0 amide bonds. The molecular weight excluding hydrogens is 266 g/mol. The summed E-state index contributed by atoms with van der Waals surface area (Å²) in [6.07, 6.45) is 0. The standard InChI is InChI=1S/C16H23N3O2/c17-14-16(15-4-2-1-3-5-15)19-8-6-18(7-9-19)10-12-21-13-11-20/h1-5,16,20H,6-13H2. The molecule has 1 aliphatic rings. The summed E-state index contributed by atoms with van der Waals surface area (Å²) >= 11 is 0. The molecule has 0 saturated carbocycles. The Morgan fingerprint density at radius 2 is 1.86 bits per heavy atom. The lowest BCUT2D eigenvalue weighted by Gasteiger charge is -2.36. The lowest BCUT2D eigenvalue weighted by atomic mass is 10.1. The first-order valence-corrected chi connectivity index (χ1v) is 7.44. The van der Waals surface area contributed by atoms with Crippen LogP contribution in [0.15, 0.2) is 30.3 Å². The van der Waals surface area contributed by atoms with E-state index < -0.39 is 0 Å². The maximum atomic E-state index is 9.45. The predicted molar refractivity (Wildman–Crippen MR) is 80.7 cm³/mol. The Morgan fingerprint density at radius 3 is 2.48 bits per heavy atom. The predicted octanol–water partition coefficient (Wildman–Crippen LogP) is 0.878. The SMILES string of the molecule is N#CC(c1ccccc1)N1CCN(CCOCCO)CC1. The van der Waals surface area contributed by atoms with Crippen LogP contribution in [-0.2, 0) is 4.74 Å². The van der Waals surface area contributed by atoms with E-state index in [-0.39, 0.29) is 12.6 Å². The molecule has 5 nitrogen and oxygen atoms in total. The average Bonchev–Trinajstić information content (AvgIpc) is 2.55. The van der Waals surface area contributed by atoms with Crippen LogP contribution in [0.2, 0.25) is 0 Å². The van der Waals surface area contributed by atoms with E-state index in [2.05, 4.69) is 15.9 Å². The van der Waals surface area contributed by atoms with Crippen molar-refractivity contribution >= 4 is 0 Å². The molecule has 1 aromatic rings. The average molecular weight is 289 g/mol. The van der Waals surface area contributed by atoms with Crippen molar-refractivity contribution in [1.29, 1.82) is 5.26 Å². The van der Waals surface area contributed by atoms with Crippen LogP contribution in [0.4, 0.5) is 0 Å². The van der Waals surface area contributed by atoms with Crippen molar-refractivity contribution in [1.82, 2.24) is 9.80 Å². The Labute approximate surface area is 126 Å². The van der Waals surface area contributed by atoms with Gasteiger partial charge in [-0.1, -0.05) is 30.3 Å². The van der Waals surface area contributed by atoms with Gasteiger partial charge in [0.25, 0.3) is 0 Å². The van der Waals surface area contributed by atoms with Gasteiger partial charge in [0.05, 0.1) is 25.9 Å². The molecule has 1 N–H and O–H groups in total. The Kier molecular flexibility index (Phi) is 6.64. The minimum absolute atomic E-state index is 0.0781. The molecule has 0 aromatic heterocycles. The highest BCUT2D eigenvalue weighted by atomic mass is 16.5. The van der Waals surface area contributed by atoms with Gasteiger partial charge in [-0.3, -0.25) is 9.80 Å². The third-order valence-electron chi connectivity index (χ3n) is 3.80. The summed E-state index contributed by atoms with van der Waals surface area (Å²) in [5, 5.41) is 18.1. The normalized spacial score (nSPS) is 18.3. The van der Waals surface area contributed by atoms with Crippen LogP contribution >= 0.6 is 0 Å². The number of ether oxygens (including phenoxy) is 1. The van der Waals surface area contributed by atoms with E-state index in [1.54, 1.807) is 0 Å². The number of hydrogen-bond donors (Lipinski definition) is 1. The van der Waals surface area contributed by atoms with Gasteiger partial charge in [0.2, 0.25) is 0 Å². The van der Waals surface area contributed by atoms with Crippen molar-refractivity contribution < 1.29 is 9.84 Å². The molecule has 0 spiro atoms. The lowest BCUT2D eigenvalue weighted by molar-refractivity contribution is 0.0534. The van der Waals surface area contributed by atoms with Gasteiger partial charge in [-0.15, -0.1) is 0 Å². The van der Waals surface area contributed by atoms with Crippen molar-refractivity contribution in [3.05, 3.63) is 35.9 Å². The topological polar surface area (TPSA) is 59.7 Å². The Bertz CT molecular complexity index is 439. The minimum Gasteiger partial charge on any atom is -0.394 e. The summed E-state index contributed by atoms with van der Waals surface area (Å²) in [5.74, 6) is 0. The van der Waals surface area contributed by atoms with Gasteiger partial charge >= 0.3 is 0 Å². The first kappa shape index (κ1) is 15.9. The van der Waals surface area contributed by atoms with Crippen LogP contribution in [0.1, 0.15) is 11.6 Å². The third-order valence-corrected chi connectivity index (χ3v) is 3.80. The maximum absolute atomic E-state index is 9.45. The van der Waals surface area contributed by atoms with Gasteiger partial charge in [0.15, 0.2) is 0 Å². The molecule has 1 fully saturated rings. The smallest absolute Gasteiger partial charge is 0.123 e. The molecule has 21 heavy (non-hydrogen) atoms. The molecule has 1 aromatic carbocycles. The first-order chi connectivity index (χ1) is 10.3. The van der Waals surface area contributed by atoms with E-state index in [1.807, 2.05) is 30.3 Å². The van der Waals surface area contributed by atoms with Crippen LogP contribution in [-0.4, -0.2) is 67.5 Å². The van der Waals surface area contributed by atoms with Gasteiger partial charge in [-0.05, 0) is 5.56 Å². The molecule has 0 bridgehead atoms. The van der Waals surface area contributed by atoms with E-state index in [0.717, 1.165) is 38.3 Å². The fourth-order valence-electron chi connectivity index (χ4n) is 2.61. The number of nitrogens with zero attached hydrogens (tertiary/aromatic N) is 3. The van der Waals surface area contributed by atoms with Crippen molar-refractivity contribution in [2.45, 2.75) is 6.04 Å². The van der Waals surface area contributed by atoms with E-state index in [9.17, 15) is 5.26 Å². The summed E-state index contributed by atoms with van der Waals surface area (Å²) in [5.41, 5.74) is 1.07. The zero-order valence-electron chi connectivity index (χ0n) is 12.3. The highest BCUT2D eigenvalue weighted by Gasteiger charge is 2.24. The zero-order valence-corrected chi connectivity index (χ0v) is 12.3. The Balaban J connectivity index is 1.79. The van der Waals surface area contributed by atoms with Crippen LogP contribution in [0.5, 0.6) is 0 Å². The molecule has 1 heterocycles. The van der Waals surface area contributed by atoms with Gasteiger partial charge < -0.3 is 9.84 Å². The fourth-order valence-corrected chi connectivity index (χ4v) is 2.61. The number of piperazine rings is 1. The summed E-state index contributed by atoms with van der Waals surface area (Å²) < 4.78 is 5.29. The van der Waals surface area contributed by atoms with Crippen molar-refractivity contribution in [2.75, 3.05) is 52.5 Å². The summed E-state index contributed by atoms with van der Waals surface area (Å²) in [6, 6.07) is 12.2. The Hall–Kier alpha value is -1.45. The molecule has 5 heteroatoms. The van der Waals surface area contributed by atoms with Crippen LogP contribution in [0.3, 0.4) is 0 Å². The second kappa shape index (κ2) is 8.75. The van der Waals surface area contributed by atoms with Crippen LogP contribution < -0.4 is 0 Å². The number of rotatable bonds is 7. The second-order valence-electron chi connectivity index (χ2n) is 5.16. The summed E-state index contributed by atoms with van der Waals surface area (Å²) in [6.45, 7) is 5.72. The lowest BCUT2D eigenvalue weighted by Crippen LogP contribution is -2.48. The van der Waals surface area contributed by atoms with Crippen molar-refractivity contribution in [3.8, 4) is 6.07 Å². The fraction of sp³-hybridized carbons (Fsp3) is 0.562. The molecule has 0 aliphatic carbocycles. The molecular formula is C16H23N3O2. The molecule has 0 radical (unpaired) electrons. The summed E-state index contributed by atoms with van der Waals surface area (Å²) in [4.78, 5) is 4.58. The third kappa shape index (κ3) is 4.80. The largest absolute Gasteiger partial charge is 0.394 e. The number of aliphatic hydroxyl groups is 1. The highest BCUT2D eigenvalue weighted by Crippen LogP contribution is 2.21. The first-order valence-electron chi connectivity index (χ1n) is 7.44. The highest BCUT2D eigenvalue weighted by molar-refractivity contribution is 5.24. The monoisotopic (exact) mass is 289 g/mol.